The first-order valence-corrected chi connectivity index (χ1v) is 12.5. The molecule has 0 fully saturated rings. The van der Waals surface area contributed by atoms with Crippen molar-refractivity contribution in [2.75, 3.05) is 9.80 Å². The van der Waals surface area contributed by atoms with E-state index in [2.05, 4.69) is 6.19 Å². The molecule has 2 aliphatic rings. The van der Waals surface area contributed by atoms with Crippen molar-refractivity contribution < 1.29 is 15.0 Å². The van der Waals surface area contributed by atoms with Crippen molar-refractivity contribution in [1.82, 2.24) is 0 Å². The van der Waals surface area contributed by atoms with Crippen LogP contribution in [0.5, 0.6) is 0 Å². The van der Waals surface area contributed by atoms with Crippen LogP contribution in [0.4, 0.5) is 27.5 Å². The second-order valence-corrected chi connectivity index (χ2v) is 9.77. The van der Waals surface area contributed by atoms with Crippen LogP contribution in [0.3, 0.4) is 0 Å². The van der Waals surface area contributed by atoms with E-state index < -0.39 is 18.2 Å². The number of nitrogens with two attached hydrogens (primary N) is 1. The van der Waals surface area contributed by atoms with E-state index in [4.69, 9.17) is 5.73 Å². The number of para-hydroxylation sites is 2. The molecule has 2 aliphatic heterocycles. The van der Waals surface area contributed by atoms with Crippen LogP contribution in [0.2, 0.25) is 0 Å². The first-order chi connectivity index (χ1) is 18.4. The van der Waals surface area contributed by atoms with Crippen molar-refractivity contribution in [3.8, 4) is 6.19 Å². The molecule has 0 radical (unpaired) electrons. The summed E-state index contributed by atoms with van der Waals surface area (Å²) < 4.78 is 0. The number of hydrogen-bond acceptors (Lipinski definition) is 5. The van der Waals surface area contributed by atoms with Gasteiger partial charge in [-0.05, 0) is 52.9 Å². The van der Waals surface area contributed by atoms with Gasteiger partial charge in [0.05, 0.1) is 35.0 Å². The number of primary amides is 1. The van der Waals surface area contributed by atoms with E-state index in [0.717, 1.165) is 33.5 Å². The van der Waals surface area contributed by atoms with Gasteiger partial charge in [0, 0.05) is 24.0 Å². The van der Waals surface area contributed by atoms with Crippen molar-refractivity contribution in [2.24, 2.45) is 5.73 Å². The summed E-state index contributed by atoms with van der Waals surface area (Å²) in [6.45, 7) is 0. The number of anilines is 4. The molecule has 0 spiro atoms. The molecular formula is C31H26N4O3. The number of aliphatic hydroxyl groups is 2. The molecule has 0 aromatic heterocycles. The number of benzene rings is 4. The van der Waals surface area contributed by atoms with Crippen LogP contribution in [0.1, 0.15) is 45.6 Å². The van der Waals surface area contributed by atoms with Crippen molar-refractivity contribution in [2.45, 2.75) is 31.5 Å². The predicted octanol–water partition coefficient (Wildman–Crippen LogP) is 5.29. The Morgan fingerprint density at radius 1 is 0.789 bits per heavy atom. The standard InChI is InChI=1S/C31H26N4O3/c32-18-34-25-11-9-19(14-22(25)17-29(36)23-6-2-4-8-27(23)34)13-20-10-12-28-24(15-20)30(37)16-21-5-1-3-7-26(21)35(28)31(33)38/h1-12,14-15,29-30,36-37H,13,16-17H2,(H2,33,38)/t29-,30-/m0/s1. The number of amides is 2. The maximum Gasteiger partial charge on any atom is 0.323 e. The van der Waals surface area contributed by atoms with Gasteiger partial charge in [-0.15, -0.1) is 0 Å². The van der Waals surface area contributed by atoms with E-state index in [1.54, 1.807) is 4.90 Å². The average Bonchev–Trinajstić information content (AvgIpc) is 3.11. The summed E-state index contributed by atoms with van der Waals surface area (Å²) in [6, 6.07) is 25.9. The van der Waals surface area contributed by atoms with Crippen LogP contribution in [0.15, 0.2) is 84.9 Å². The van der Waals surface area contributed by atoms with Crippen molar-refractivity contribution in [3.05, 3.63) is 118 Å². The van der Waals surface area contributed by atoms with Gasteiger partial charge >= 0.3 is 6.03 Å². The first kappa shape index (κ1) is 23.7. The van der Waals surface area contributed by atoms with E-state index >= 15 is 0 Å². The van der Waals surface area contributed by atoms with Gasteiger partial charge in [0.1, 0.15) is 0 Å². The summed E-state index contributed by atoms with van der Waals surface area (Å²) in [5, 5.41) is 31.9. The lowest BCUT2D eigenvalue weighted by Crippen LogP contribution is -2.32. The summed E-state index contributed by atoms with van der Waals surface area (Å²) in [4.78, 5) is 15.5. The molecule has 38 heavy (non-hydrogen) atoms. The SMILES string of the molecule is N#CN1c2ccc(Cc3ccc4c(c3)[C@@H](O)Cc3ccccc3N4C(N)=O)cc2C[C@H](O)c2ccccc21. The van der Waals surface area contributed by atoms with Crippen molar-refractivity contribution in [3.63, 3.8) is 0 Å². The fourth-order valence-electron chi connectivity index (χ4n) is 5.67. The lowest BCUT2D eigenvalue weighted by molar-refractivity contribution is 0.179. The minimum atomic E-state index is -0.791. The minimum absolute atomic E-state index is 0.373. The Morgan fingerprint density at radius 2 is 1.42 bits per heavy atom. The van der Waals surface area contributed by atoms with Gasteiger partial charge in [0.25, 0.3) is 0 Å². The van der Waals surface area contributed by atoms with E-state index in [9.17, 15) is 20.3 Å². The molecule has 4 aromatic rings. The predicted molar refractivity (Wildman–Crippen MR) is 145 cm³/mol. The molecule has 4 N–H and O–H groups in total. The first-order valence-electron chi connectivity index (χ1n) is 12.5. The number of nitrogens with zero attached hydrogens (tertiary/aromatic N) is 3. The molecule has 7 heteroatoms. The summed E-state index contributed by atoms with van der Waals surface area (Å²) in [6.07, 6.45) is 2.10. The van der Waals surface area contributed by atoms with Crippen LogP contribution in [-0.2, 0) is 19.3 Å². The fourth-order valence-corrected chi connectivity index (χ4v) is 5.67. The second kappa shape index (κ2) is 9.34. The average molecular weight is 503 g/mol. The largest absolute Gasteiger partial charge is 0.388 e. The van der Waals surface area contributed by atoms with Crippen molar-refractivity contribution in [1.29, 1.82) is 5.26 Å². The summed E-state index contributed by atoms with van der Waals surface area (Å²) in [5.74, 6) is 0. The van der Waals surface area contributed by atoms with Crippen LogP contribution in [0, 0.1) is 11.5 Å². The highest BCUT2D eigenvalue weighted by molar-refractivity contribution is 6.00. The Morgan fingerprint density at radius 3 is 2.18 bits per heavy atom. The topological polar surface area (TPSA) is 114 Å². The lowest BCUT2D eigenvalue weighted by atomic mass is 9.95. The second-order valence-electron chi connectivity index (χ2n) is 9.77. The highest BCUT2D eigenvalue weighted by Crippen LogP contribution is 2.42. The number of fused-ring (bicyclic) bond motifs is 4. The van der Waals surface area contributed by atoms with E-state index in [-0.39, 0.29) is 0 Å². The molecular weight excluding hydrogens is 476 g/mol. The van der Waals surface area contributed by atoms with Gasteiger partial charge in [-0.3, -0.25) is 4.90 Å². The zero-order chi connectivity index (χ0) is 26.4. The molecule has 0 unspecified atom stereocenters. The van der Waals surface area contributed by atoms with Gasteiger partial charge in [-0.1, -0.05) is 60.7 Å². The number of aliphatic hydroxyl groups excluding tert-OH is 2. The molecule has 0 saturated carbocycles. The molecule has 0 aliphatic carbocycles. The summed E-state index contributed by atoms with van der Waals surface area (Å²) in [5.41, 5.74) is 13.6. The van der Waals surface area contributed by atoms with Gasteiger partial charge in [0.15, 0.2) is 6.19 Å². The molecule has 2 heterocycles. The zero-order valence-electron chi connectivity index (χ0n) is 20.6. The molecule has 188 valence electrons. The third kappa shape index (κ3) is 3.97. The molecule has 0 saturated heterocycles. The van der Waals surface area contributed by atoms with Crippen molar-refractivity contribution >= 4 is 28.8 Å². The Kier molecular flexibility index (Phi) is 5.84. The minimum Gasteiger partial charge on any atom is -0.388 e. The number of hydrogen-bond donors (Lipinski definition) is 3. The third-order valence-corrected chi connectivity index (χ3v) is 7.40. The summed E-state index contributed by atoms with van der Waals surface area (Å²) >= 11 is 0. The normalized spacial score (nSPS) is 17.7. The summed E-state index contributed by atoms with van der Waals surface area (Å²) in [7, 11) is 0. The van der Waals surface area contributed by atoms with Crippen LogP contribution >= 0.6 is 0 Å². The Hall–Kier alpha value is -4.64. The number of carbonyl (C=O) groups excluding carboxylic acids is 1. The third-order valence-electron chi connectivity index (χ3n) is 7.40. The number of carbonyl (C=O) groups is 1. The maximum atomic E-state index is 12.5. The lowest BCUT2D eigenvalue weighted by Gasteiger charge is -2.23. The van der Waals surface area contributed by atoms with Gasteiger partial charge < -0.3 is 15.9 Å². The molecule has 6 rings (SSSR count). The van der Waals surface area contributed by atoms with Crippen LogP contribution < -0.4 is 15.5 Å². The van der Waals surface area contributed by atoms with Gasteiger partial charge in [-0.2, -0.15) is 5.26 Å². The smallest absolute Gasteiger partial charge is 0.323 e. The Bertz CT molecular complexity index is 1610. The fraction of sp³-hybridized carbons (Fsp3) is 0.161. The van der Waals surface area contributed by atoms with Crippen LogP contribution in [0.25, 0.3) is 0 Å². The van der Waals surface area contributed by atoms with Gasteiger partial charge in [0.2, 0.25) is 0 Å². The molecule has 4 aromatic carbocycles. The molecule has 0 bridgehead atoms. The highest BCUT2D eigenvalue weighted by Gasteiger charge is 2.29. The zero-order valence-corrected chi connectivity index (χ0v) is 20.6. The number of nitriles is 1. The van der Waals surface area contributed by atoms with E-state index in [0.29, 0.717) is 41.9 Å². The molecule has 2 atom stereocenters. The van der Waals surface area contributed by atoms with E-state index in [1.165, 1.54) is 4.90 Å². The molecule has 7 nitrogen and oxygen atoms in total. The van der Waals surface area contributed by atoms with Gasteiger partial charge in [-0.25, -0.2) is 9.69 Å². The monoisotopic (exact) mass is 502 g/mol. The molecule has 2 amide bonds. The number of urea groups is 1. The highest BCUT2D eigenvalue weighted by atomic mass is 16.3. The Labute approximate surface area is 220 Å². The Balaban J connectivity index is 1.35. The van der Waals surface area contributed by atoms with Crippen LogP contribution in [-0.4, -0.2) is 16.2 Å². The number of rotatable bonds is 2. The van der Waals surface area contributed by atoms with E-state index in [1.807, 2.05) is 84.9 Å². The quantitative estimate of drug-likeness (QED) is 0.322. The maximum absolute atomic E-state index is 12.5.